The molecule has 0 fully saturated rings. The maximum absolute atomic E-state index is 3.48. The predicted molar refractivity (Wildman–Crippen MR) is 76.0 cm³/mol. The molecule has 0 atom stereocenters. The Kier molecular flexibility index (Phi) is 7.14. The predicted octanol–water partition coefficient (Wildman–Crippen LogP) is 4.51. The highest BCUT2D eigenvalue weighted by molar-refractivity contribution is 9.10. The van der Waals surface area contributed by atoms with Gasteiger partial charge in [-0.25, -0.2) is 0 Å². The van der Waals surface area contributed by atoms with Gasteiger partial charge >= 0.3 is 0 Å². The van der Waals surface area contributed by atoms with E-state index in [9.17, 15) is 0 Å². The molecular formula is C11H17Br2NS. The van der Waals surface area contributed by atoms with E-state index in [2.05, 4.69) is 55.3 Å². The maximum Gasteiger partial charge on any atom is 0.0325 e. The summed E-state index contributed by atoms with van der Waals surface area (Å²) < 4.78 is 1.20. The second-order valence-electron chi connectivity index (χ2n) is 3.72. The van der Waals surface area contributed by atoms with E-state index in [-0.39, 0.29) is 0 Å². The molecular weight excluding hydrogens is 338 g/mol. The fraction of sp³-hybridized carbons (Fsp3) is 0.636. The Morgan fingerprint density at radius 2 is 2.13 bits per heavy atom. The van der Waals surface area contributed by atoms with Gasteiger partial charge in [-0.1, -0.05) is 22.4 Å². The zero-order valence-corrected chi connectivity index (χ0v) is 13.0. The molecule has 1 nitrogen and oxygen atoms in total. The molecule has 1 rings (SSSR count). The Morgan fingerprint density at radius 3 is 2.73 bits per heavy atom. The summed E-state index contributed by atoms with van der Waals surface area (Å²) in [6, 6.07) is 2.21. The largest absolute Gasteiger partial charge is 0.301 e. The van der Waals surface area contributed by atoms with Crippen LogP contribution >= 0.6 is 43.2 Å². The summed E-state index contributed by atoms with van der Waals surface area (Å²) in [4.78, 5) is 3.83. The molecule has 15 heavy (non-hydrogen) atoms. The first-order valence-corrected chi connectivity index (χ1v) is 7.99. The first kappa shape index (κ1) is 13.7. The highest BCUT2D eigenvalue weighted by Crippen LogP contribution is 2.20. The third-order valence-electron chi connectivity index (χ3n) is 2.22. The average molecular weight is 355 g/mol. The quantitative estimate of drug-likeness (QED) is 0.514. The molecule has 0 aromatic carbocycles. The van der Waals surface area contributed by atoms with Crippen LogP contribution in [0.2, 0.25) is 0 Å². The summed E-state index contributed by atoms with van der Waals surface area (Å²) in [6.07, 6.45) is 3.91. The molecule has 0 unspecified atom stereocenters. The molecule has 0 saturated carbocycles. The molecule has 1 aromatic rings. The number of hydrogen-bond acceptors (Lipinski definition) is 2. The summed E-state index contributed by atoms with van der Waals surface area (Å²) >= 11 is 8.76. The topological polar surface area (TPSA) is 3.24 Å². The van der Waals surface area contributed by atoms with E-state index in [0.29, 0.717) is 0 Å². The molecule has 0 spiro atoms. The van der Waals surface area contributed by atoms with Gasteiger partial charge in [0.05, 0.1) is 0 Å². The fourth-order valence-electron chi connectivity index (χ4n) is 1.43. The lowest BCUT2D eigenvalue weighted by molar-refractivity contribution is 0.321. The van der Waals surface area contributed by atoms with Gasteiger partial charge in [0.15, 0.2) is 0 Å². The van der Waals surface area contributed by atoms with Gasteiger partial charge < -0.3 is 4.90 Å². The molecule has 0 saturated heterocycles. The summed E-state index contributed by atoms with van der Waals surface area (Å²) in [7, 11) is 2.20. The average Bonchev–Trinajstić information content (AvgIpc) is 2.59. The number of alkyl halides is 1. The minimum absolute atomic E-state index is 1.07. The molecule has 0 radical (unpaired) electrons. The van der Waals surface area contributed by atoms with Crippen molar-refractivity contribution in [3.8, 4) is 0 Å². The van der Waals surface area contributed by atoms with E-state index in [4.69, 9.17) is 0 Å². The second-order valence-corrected chi connectivity index (χ2v) is 6.42. The van der Waals surface area contributed by atoms with Crippen LogP contribution in [-0.4, -0.2) is 23.8 Å². The lowest BCUT2D eigenvalue weighted by atomic mass is 10.2. The third kappa shape index (κ3) is 6.05. The summed E-state index contributed by atoms with van der Waals surface area (Å²) in [5.74, 6) is 0. The Hall–Kier alpha value is 0.620. The number of halogens is 2. The van der Waals surface area contributed by atoms with Crippen LogP contribution in [0, 0.1) is 0 Å². The molecule has 0 bridgehead atoms. The van der Waals surface area contributed by atoms with Gasteiger partial charge in [0.25, 0.3) is 0 Å². The molecule has 86 valence electrons. The van der Waals surface area contributed by atoms with Crippen molar-refractivity contribution in [2.24, 2.45) is 0 Å². The second kappa shape index (κ2) is 7.82. The van der Waals surface area contributed by atoms with Gasteiger partial charge in [-0.05, 0) is 48.4 Å². The van der Waals surface area contributed by atoms with Gasteiger partial charge in [0.1, 0.15) is 0 Å². The van der Waals surface area contributed by atoms with Crippen LogP contribution in [-0.2, 0) is 6.54 Å². The van der Waals surface area contributed by atoms with E-state index >= 15 is 0 Å². The highest BCUT2D eigenvalue weighted by atomic mass is 79.9. The van der Waals surface area contributed by atoms with Crippen molar-refractivity contribution >= 4 is 43.2 Å². The van der Waals surface area contributed by atoms with Gasteiger partial charge in [-0.3, -0.25) is 0 Å². The normalized spacial score (nSPS) is 11.2. The van der Waals surface area contributed by atoms with Gasteiger partial charge in [0.2, 0.25) is 0 Å². The molecule has 4 heteroatoms. The fourth-order valence-corrected chi connectivity index (χ4v) is 3.36. The number of unbranched alkanes of at least 4 members (excludes halogenated alkanes) is 2. The lowest BCUT2D eigenvalue weighted by Gasteiger charge is -2.14. The Bertz CT molecular complexity index is 275. The SMILES string of the molecule is CN(CCCCCBr)Cc1cc(Br)cs1. The smallest absolute Gasteiger partial charge is 0.0325 e. The molecule has 0 aliphatic carbocycles. The van der Waals surface area contributed by atoms with Crippen LogP contribution < -0.4 is 0 Å². The van der Waals surface area contributed by atoms with E-state index < -0.39 is 0 Å². The van der Waals surface area contributed by atoms with Crippen molar-refractivity contribution in [2.45, 2.75) is 25.8 Å². The van der Waals surface area contributed by atoms with Crippen LogP contribution in [0.15, 0.2) is 15.9 Å². The number of rotatable bonds is 7. The monoisotopic (exact) mass is 353 g/mol. The Morgan fingerprint density at radius 1 is 1.33 bits per heavy atom. The van der Waals surface area contributed by atoms with Crippen LogP contribution in [0.3, 0.4) is 0 Å². The number of nitrogens with zero attached hydrogens (tertiary/aromatic N) is 1. The van der Waals surface area contributed by atoms with Gasteiger partial charge in [-0.2, -0.15) is 0 Å². The number of thiophene rings is 1. The lowest BCUT2D eigenvalue weighted by Crippen LogP contribution is -2.18. The van der Waals surface area contributed by atoms with Gasteiger partial charge in [-0.15, -0.1) is 11.3 Å². The maximum atomic E-state index is 3.48. The van der Waals surface area contributed by atoms with Crippen LogP contribution in [0.4, 0.5) is 0 Å². The minimum Gasteiger partial charge on any atom is -0.301 e. The minimum atomic E-state index is 1.07. The van der Waals surface area contributed by atoms with Crippen molar-refractivity contribution in [2.75, 3.05) is 18.9 Å². The van der Waals surface area contributed by atoms with Gasteiger partial charge in [0, 0.05) is 26.6 Å². The molecule has 1 heterocycles. The third-order valence-corrected chi connectivity index (χ3v) is 4.46. The van der Waals surface area contributed by atoms with Crippen molar-refractivity contribution in [1.29, 1.82) is 0 Å². The van der Waals surface area contributed by atoms with Crippen molar-refractivity contribution < 1.29 is 0 Å². The van der Waals surface area contributed by atoms with E-state index in [1.165, 1.54) is 35.2 Å². The zero-order valence-electron chi connectivity index (χ0n) is 9.01. The van der Waals surface area contributed by atoms with Crippen LogP contribution in [0.25, 0.3) is 0 Å². The Labute approximate surface area is 113 Å². The molecule has 0 N–H and O–H groups in total. The van der Waals surface area contributed by atoms with Crippen LogP contribution in [0.5, 0.6) is 0 Å². The highest BCUT2D eigenvalue weighted by Gasteiger charge is 2.02. The van der Waals surface area contributed by atoms with E-state index in [0.717, 1.165) is 11.9 Å². The first-order valence-electron chi connectivity index (χ1n) is 5.20. The van der Waals surface area contributed by atoms with Crippen molar-refractivity contribution in [3.63, 3.8) is 0 Å². The molecule has 0 aliphatic heterocycles. The number of hydrogen-bond donors (Lipinski definition) is 0. The summed E-state index contributed by atoms with van der Waals surface area (Å²) in [5, 5.41) is 3.28. The van der Waals surface area contributed by atoms with Crippen molar-refractivity contribution in [1.82, 2.24) is 4.90 Å². The molecule has 1 aromatic heterocycles. The van der Waals surface area contributed by atoms with Crippen molar-refractivity contribution in [3.05, 3.63) is 20.8 Å². The zero-order chi connectivity index (χ0) is 11.1. The van der Waals surface area contributed by atoms with E-state index in [1.54, 1.807) is 0 Å². The standard InChI is InChI=1S/C11H17Br2NS/c1-14(6-4-2-3-5-12)8-11-7-10(13)9-15-11/h7,9H,2-6,8H2,1H3. The molecule has 0 amide bonds. The Balaban J connectivity index is 2.15. The van der Waals surface area contributed by atoms with Crippen LogP contribution in [0.1, 0.15) is 24.1 Å². The first-order chi connectivity index (χ1) is 7.22. The molecule has 0 aliphatic rings. The summed E-state index contributed by atoms with van der Waals surface area (Å²) in [5.41, 5.74) is 0. The van der Waals surface area contributed by atoms with E-state index in [1.807, 2.05) is 11.3 Å². The summed E-state index contributed by atoms with van der Waals surface area (Å²) in [6.45, 7) is 2.27.